The predicted octanol–water partition coefficient (Wildman–Crippen LogP) is 4.35. The highest BCUT2D eigenvalue weighted by molar-refractivity contribution is 7.90. The maximum atomic E-state index is 13.7. The monoisotopic (exact) mass is 657 g/mol. The van der Waals surface area contributed by atoms with Crippen LogP contribution in [-0.4, -0.2) is 94.0 Å². The van der Waals surface area contributed by atoms with Crippen LogP contribution in [0.5, 0.6) is 5.75 Å². The quantitative estimate of drug-likeness (QED) is 0.449. The van der Waals surface area contributed by atoms with Crippen molar-refractivity contribution in [2.45, 2.75) is 63.0 Å². The topological polar surface area (TPSA) is 102 Å². The Morgan fingerprint density at radius 3 is 2.60 bits per heavy atom. The summed E-state index contributed by atoms with van der Waals surface area (Å²) in [6, 6.07) is 10.7. The fourth-order valence-electron chi connectivity index (χ4n) is 7.20. The molecule has 4 aliphatic heterocycles. The van der Waals surface area contributed by atoms with Crippen molar-refractivity contribution >= 4 is 39.2 Å². The Morgan fingerprint density at radius 1 is 0.911 bits per heavy atom. The van der Waals surface area contributed by atoms with Gasteiger partial charge in [-0.05, 0) is 92.4 Å². The van der Waals surface area contributed by atoms with Crippen LogP contribution in [-0.2, 0) is 27.8 Å². The molecule has 2 aromatic carbocycles. The molecule has 0 aromatic heterocycles. The molecule has 1 N–H and O–H groups in total. The zero-order valence-electron chi connectivity index (χ0n) is 26.2. The van der Waals surface area contributed by atoms with Gasteiger partial charge in [-0.15, -0.1) is 0 Å². The number of likely N-dealkylation sites (N-methyl/N-ethyl adjacent to an activating group) is 1. The van der Waals surface area contributed by atoms with Gasteiger partial charge in [0, 0.05) is 57.3 Å². The number of hydrogen-bond donors (Lipinski definition) is 1. The molecule has 4 bridgehead atoms. The van der Waals surface area contributed by atoms with Crippen molar-refractivity contribution in [1.29, 1.82) is 0 Å². The first kappa shape index (κ1) is 31.9. The third-order valence-electron chi connectivity index (χ3n) is 10.1. The molecule has 10 nitrogen and oxygen atoms in total. The summed E-state index contributed by atoms with van der Waals surface area (Å²) >= 11 is 6.33. The molecule has 12 heteroatoms. The van der Waals surface area contributed by atoms with Crippen LogP contribution in [0.2, 0.25) is 5.02 Å². The highest BCUT2D eigenvalue weighted by Crippen LogP contribution is 2.35. The van der Waals surface area contributed by atoms with Crippen LogP contribution in [0, 0.1) is 11.8 Å². The smallest absolute Gasteiger partial charge is 0.320 e. The van der Waals surface area contributed by atoms with Crippen LogP contribution in [0.4, 0.5) is 10.5 Å². The number of halogens is 1. The molecule has 0 saturated carbocycles. The number of hydrogen-bond acceptors (Lipinski definition) is 7. The molecular formula is C33H44ClN5O5S. The van der Waals surface area contributed by atoms with Crippen molar-refractivity contribution in [3.63, 3.8) is 0 Å². The van der Waals surface area contributed by atoms with Gasteiger partial charge in [-0.25, -0.2) is 17.9 Å². The number of anilines is 1. The highest BCUT2D eigenvalue weighted by Gasteiger charge is 2.36. The zero-order chi connectivity index (χ0) is 31.7. The summed E-state index contributed by atoms with van der Waals surface area (Å²) in [5.74, 6) is -0.360. The summed E-state index contributed by atoms with van der Waals surface area (Å²) in [7, 11) is -2.26. The van der Waals surface area contributed by atoms with Gasteiger partial charge in [-0.3, -0.25) is 4.79 Å². The first-order valence-electron chi connectivity index (χ1n) is 16.2. The third-order valence-corrected chi connectivity index (χ3v) is 11.6. The van der Waals surface area contributed by atoms with Crippen LogP contribution in [0.25, 0.3) is 0 Å². The Morgan fingerprint density at radius 2 is 1.76 bits per heavy atom. The van der Waals surface area contributed by atoms with E-state index in [9.17, 15) is 18.0 Å². The zero-order valence-corrected chi connectivity index (χ0v) is 27.8. The average Bonchev–Trinajstić information content (AvgIpc) is 3.68. The third kappa shape index (κ3) is 7.05. The Labute approximate surface area is 271 Å². The van der Waals surface area contributed by atoms with Crippen molar-refractivity contribution in [2.24, 2.45) is 11.8 Å². The van der Waals surface area contributed by atoms with Gasteiger partial charge in [0.15, 0.2) is 0 Å². The standard InChI is InChI=1S/C33H44ClN5O5S/c1-23-25-12-15-37(20-25)17-16-36(2)33(41)39-14-5-7-28(39)21-38-13-4-3-6-24-18-27(34)9-8-26(24)22-44-31-11-10-29(19-30(31)38)45(42,43)35-32(23)40/h8-11,18-19,23,25,28H,3-7,12-17,20-22H2,1-2H3,(H,35,40). The molecule has 2 fully saturated rings. The molecule has 3 amide bonds. The summed E-state index contributed by atoms with van der Waals surface area (Å²) in [4.78, 5) is 35.3. The maximum absolute atomic E-state index is 13.7. The van der Waals surface area contributed by atoms with Gasteiger partial charge in [0.05, 0.1) is 16.6 Å². The largest absolute Gasteiger partial charge is 0.487 e. The number of carbonyl (C=O) groups is 2. The van der Waals surface area contributed by atoms with Crippen molar-refractivity contribution < 1.29 is 22.7 Å². The number of urea groups is 1. The van der Waals surface area contributed by atoms with Gasteiger partial charge in [0.25, 0.3) is 10.0 Å². The first-order chi connectivity index (χ1) is 21.6. The van der Waals surface area contributed by atoms with Gasteiger partial charge >= 0.3 is 6.03 Å². The fourth-order valence-corrected chi connectivity index (χ4v) is 8.47. The summed E-state index contributed by atoms with van der Waals surface area (Å²) in [5.41, 5.74) is 2.83. The van der Waals surface area contributed by atoms with Gasteiger partial charge < -0.3 is 24.3 Å². The molecule has 45 heavy (non-hydrogen) atoms. The van der Waals surface area contributed by atoms with E-state index in [2.05, 4.69) is 14.5 Å². The minimum Gasteiger partial charge on any atom is -0.487 e. The molecule has 0 radical (unpaired) electrons. The fraction of sp³-hybridized carbons (Fsp3) is 0.576. The van der Waals surface area contributed by atoms with Crippen LogP contribution < -0.4 is 14.4 Å². The number of sulfonamides is 1. The Balaban J connectivity index is 1.39. The first-order valence-corrected chi connectivity index (χ1v) is 18.0. The second kappa shape index (κ2) is 13.4. The summed E-state index contributed by atoms with van der Waals surface area (Å²) in [6.07, 6.45) is 5.22. The van der Waals surface area contributed by atoms with E-state index in [4.69, 9.17) is 16.3 Å². The Bertz CT molecular complexity index is 1540. The number of nitrogens with zero attached hydrogens (tertiary/aromatic N) is 4. The van der Waals surface area contributed by atoms with E-state index in [1.165, 1.54) is 6.07 Å². The molecule has 4 unspecified atom stereocenters. The van der Waals surface area contributed by atoms with E-state index in [1.54, 1.807) is 19.1 Å². The molecule has 2 saturated heterocycles. The predicted molar refractivity (Wildman–Crippen MR) is 174 cm³/mol. The van der Waals surface area contributed by atoms with Crippen molar-refractivity contribution in [1.82, 2.24) is 19.4 Å². The number of carbonyl (C=O) groups excluding carboxylic acids is 2. The van der Waals surface area contributed by atoms with Crippen LogP contribution in [0.3, 0.4) is 0 Å². The lowest BCUT2D eigenvalue weighted by molar-refractivity contribution is -0.124. The lowest BCUT2D eigenvalue weighted by atomic mass is 9.93. The van der Waals surface area contributed by atoms with Crippen LogP contribution in [0.15, 0.2) is 41.3 Å². The van der Waals surface area contributed by atoms with Crippen molar-refractivity contribution in [3.8, 4) is 5.75 Å². The number of ether oxygens (including phenoxy) is 1. The molecule has 4 heterocycles. The number of benzene rings is 2. The molecule has 4 atom stereocenters. The molecule has 0 aliphatic carbocycles. The summed E-state index contributed by atoms with van der Waals surface area (Å²) in [5, 5.41) is 0.688. The molecule has 6 rings (SSSR count). The average molecular weight is 658 g/mol. The minimum absolute atomic E-state index is 0.0192. The lowest BCUT2D eigenvalue weighted by Crippen LogP contribution is -2.49. The van der Waals surface area contributed by atoms with Crippen LogP contribution in [0.1, 0.15) is 50.2 Å². The van der Waals surface area contributed by atoms with E-state index in [0.29, 0.717) is 55.8 Å². The summed E-state index contributed by atoms with van der Waals surface area (Å²) < 4.78 is 36.1. The van der Waals surface area contributed by atoms with Gasteiger partial charge in [0.2, 0.25) is 5.91 Å². The van der Waals surface area contributed by atoms with Crippen LogP contribution >= 0.6 is 11.6 Å². The molecule has 244 valence electrons. The molecular weight excluding hydrogens is 614 g/mol. The molecule has 4 aliphatic rings. The number of rotatable bonds is 0. The number of fused-ring (bicyclic) bond motifs is 5. The van der Waals surface area contributed by atoms with Gasteiger partial charge in [-0.2, -0.15) is 0 Å². The molecule has 2 aromatic rings. The maximum Gasteiger partial charge on any atom is 0.320 e. The molecule has 0 spiro atoms. The SMILES string of the molecule is CC1C(=O)NS(=O)(=O)c2ccc3c(c2)N(CCCCc2cc(Cl)ccc2CO3)CC2CCCN2C(=O)N(C)CCN2CCC1C2. The minimum atomic E-state index is -4.14. The van der Waals surface area contributed by atoms with Crippen molar-refractivity contribution in [3.05, 3.63) is 52.5 Å². The van der Waals surface area contributed by atoms with Gasteiger partial charge in [-0.1, -0.05) is 24.6 Å². The highest BCUT2D eigenvalue weighted by atomic mass is 35.5. The second-order valence-electron chi connectivity index (χ2n) is 13.0. The Kier molecular flexibility index (Phi) is 9.49. The van der Waals surface area contributed by atoms with E-state index in [0.717, 1.165) is 62.7 Å². The van der Waals surface area contributed by atoms with E-state index in [1.807, 2.05) is 35.0 Å². The Hall–Kier alpha value is -3.02. The van der Waals surface area contributed by atoms with Crippen molar-refractivity contribution in [2.75, 3.05) is 57.8 Å². The van der Waals surface area contributed by atoms with E-state index < -0.39 is 21.8 Å². The number of nitrogens with one attached hydrogen (secondary N) is 1. The number of amides is 3. The van der Waals surface area contributed by atoms with Gasteiger partial charge in [0.1, 0.15) is 12.4 Å². The normalized spacial score (nSPS) is 27.8. The van der Waals surface area contributed by atoms with E-state index >= 15 is 0 Å². The van der Waals surface area contributed by atoms with E-state index in [-0.39, 0.29) is 22.9 Å². The summed E-state index contributed by atoms with van der Waals surface area (Å²) in [6.45, 7) is 6.85. The number of aryl methyl sites for hydroxylation is 1. The second-order valence-corrected chi connectivity index (χ2v) is 15.2. The lowest BCUT2D eigenvalue weighted by Gasteiger charge is -2.35.